The smallest absolute Gasteiger partial charge is 0.329 e. The first-order valence-corrected chi connectivity index (χ1v) is 7.81. The van der Waals surface area contributed by atoms with Crippen LogP contribution in [-0.2, 0) is 19.1 Å². The molecule has 1 aromatic heterocycles. The molecule has 2 aromatic carbocycles. The molecule has 4 nitrogen and oxygen atoms in total. The normalized spacial score (nSPS) is 11.7. The average molecular weight is 346 g/mol. The Morgan fingerprint density at radius 1 is 1.00 bits per heavy atom. The van der Waals surface area contributed by atoms with Crippen LogP contribution in [0.25, 0.3) is 11.4 Å². The lowest BCUT2D eigenvalue weighted by molar-refractivity contribution is -0.137. The van der Waals surface area contributed by atoms with E-state index in [-0.39, 0.29) is 0 Å². The van der Waals surface area contributed by atoms with E-state index in [9.17, 15) is 13.2 Å². The zero-order valence-corrected chi connectivity index (χ0v) is 13.4. The SMILES string of the molecule is NCCn1cnc(-c2ccccc2Cc2ccc(C(F)(F)F)cc2)n1. The third kappa shape index (κ3) is 4.06. The van der Waals surface area contributed by atoms with Gasteiger partial charge in [0.1, 0.15) is 6.33 Å². The Kier molecular flexibility index (Phi) is 4.85. The number of nitrogens with zero attached hydrogens (tertiary/aromatic N) is 3. The third-order valence-corrected chi connectivity index (χ3v) is 3.83. The van der Waals surface area contributed by atoms with E-state index >= 15 is 0 Å². The zero-order valence-electron chi connectivity index (χ0n) is 13.4. The highest BCUT2D eigenvalue weighted by Crippen LogP contribution is 2.30. The van der Waals surface area contributed by atoms with E-state index in [1.165, 1.54) is 12.1 Å². The summed E-state index contributed by atoms with van der Waals surface area (Å²) < 4.78 is 39.7. The molecule has 25 heavy (non-hydrogen) atoms. The fourth-order valence-corrected chi connectivity index (χ4v) is 2.58. The van der Waals surface area contributed by atoms with Gasteiger partial charge in [0.05, 0.1) is 12.1 Å². The molecular weight excluding hydrogens is 329 g/mol. The Hall–Kier alpha value is -2.67. The number of rotatable bonds is 5. The van der Waals surface area contributed by atoms with E-state index in [0.717, 1.165) is 28.8 Å². The zero-order chi connectivity index (χ0) is 17.9. The van der Waals surface area contributed by atoms with Crippen LogP contribution in [0.1, 0.15) is 16.7 Å². The van der Waals surface area contributed by atoms with Gasteiger partial charge in [-0.05, 0) is 29.7 Å². The van der Waals surface area contributed by atoms with Gasteiger partial charge in [-0.1, -0.05) is 36.4 Å². The minimum Gasteiger partial charge on any atom is -0.329 e. The summed E-state index contributed by atoms with van der Waals surface area (Å²) in [5.41, 5.74) is 7.47. The Morgan fingerprint density at radius 3 is 2.40 bits per heavy atom. The molecule has 0 saturated heterocycles. The summed E-state index contributed by atoms with van der Waals surface area (Å²) in [5, 5.41) is 4.40. The van der Waals surface area contributed by atoms with Crippen molar-refractivity contribution in [2.75, 3.05) is 6.54 Å². The maximum absolute atomic E-state index is 12.7. The van der Waals surface area contributed by atoms with Crippen molar-refractivity contribution in [3.8, 4) is 11.4 Å². The summed E-state index contributed by atoms with van der Waals surface area (Å²) in [6.07, 6.45) is -2.20. The van der Waals surface area contributed by atoms with Crippen LogP contribution in [-0.4, -0.2) is 21.3 Å². The number of alkyl halides is 3. The first-order valence-electron chi connectivity index (χ1n) is 7.81. The van der Waals surface area contributed by atoms with E-state index in [0.29, 0.717) is 25.3 Å². The largest absolute Gasteiger partial charge is 0.416 e. The van der Waals surface area contributed by atoms with Crippen molar-refractivity contribution in [1.29, 1.82) is 0 Å². The standard InChI is InChI=1S/C18H17F3N4/c19-18(20,21)15-7-5-13(6-8-15)11-14-3-1-2-4-16(14)17-23-12-25(24-17)10-9-22/h1-8,12H,9-11,22H2. The Bertz CT molecular complexity index is 838. The maximum atomic E-state index is 12.7. The molecule has 0 saturated carbocycles. The van der Waals surface area contributed by atoms with Crippen LogP contribution in [0.3, 0.4) is 0 Å². The molecule has 2 N–H and O–H groups in total. The molecule has 1 heterocycles. The van der Waals surface area contributed by atoms with Gasteiger partial charge in [0.2, 0.25) is 0 Å². The molecule has 0 aliphatic carbocycles. The molecule has 130 valence electrons. The van der Waals surface area contributed by atoms with E-state index in [4.69, 9.17) is 5.73 Å². The van der Waals surface area contributed by atoms with Crippen molar-refractivity contribution in [2.45, 2.75) is 19.1 Å². The van der Waals surface area contributed by atoms with Crippen molar-refractivity contribution in [3.05, 3.63) is 71.5 Å². The van der Waals surface area contributed by atoms with Gasteiger partial charge in [0.15, 0.2) is 5.82 Å². The summed E-state index contributed by atoms with van der Waals surface area (Å²) in [7, 11) is 0. The topological polar surface area (TPSA) is 56.7 Å². The molecule has 0 aliphatic rings. The molecule has 0 aliphatic heterocycles. The fourth-order valence-electron chi connectivity index (χ4n) is 2.58. The van der Waals surface area contributed by atoms with Gasteiger partial charge in [-0.15, -0.1) is 0 Å². The molecule has 0 amide bonds. The van der Waals surface area contributed by atoms with Crippen LogP contribution in [0.4, 0.5) is 13.2 Å². The van der Waals surface area contributed by atoms with Gasteiger partial charge < -0.3 is 5.73 Å². The number of hydrogen-bond donors (Lipinski definition) is 1. The van der Waals surface area contributed by atoms with Crippen molar-refractivity contribution in [1.82, 2.24) is 14.8 Å². The number of aromatic nitrogens is 3. The Morgan fingerprint density at radius 2 is 1.72 bits per heavy atom. The van der Waals surface area contributed by atoms with Crippen LogP contribution in [0.2, 0.25) is 0 Å². The molecule has 0 unspecified atom stereocenters. The Balaban J connectivity index is 1.85. The van der Waals surface area contributed by atoms with Crippen LogP contribution >= 0.6 is 0 Å². The second-order valence-electron chi connectivity index (χ2n) is 5.65. The van der Waals surface area contributed by atoms with Crippen molar-refractivity contribution in [2.24, 2.45) is 5.73 Å². The average Bonchev–Trinajstić information content (AvgIpc) is 3.04. The van der Waals surface area contributed by atoms with Crippen LogP contribution < -0.4 is 5.73 Å². The highest BCUT2D eigenvalue weighted by molar-refractivity contribution is 5.60. The summed E-state index contributed by atoms with van der Waals surface area (Å²) in [6, 6.07) is 12.8. The van der Waals surface area contributed by atoms with Gasteiger partial charge >= 0.3 is 6.18 Å². The highest BCUT2D eigenvalue weighted by Gasteiger charge is 2.29. The van der Waals surface area contributed by atoms with Crippen molar-refractivity contribution >= 4 is 0 Å². The lowest BCUT2D eigenvalue weighted by Crippen LogP contribution is -2.10. The lowest BCUT2D eigenvalue weighted by Gasteiger charge is -2.09. The molecular formula is C18H17F3N4. The van der Waals surface area contributed by atoms with Crippen molar-refractivity contribution < 1.29 is 13.2 Å². The van der Waals surface area contributed by atoms with Crippen LogP contribution in [0.15, 0.2) is 54.9 Å². The van der Waals surface area contributed by atoms with Crippen LogP contribution in [0.5, 0.6) is 0 Å². The molecule has 0 bridgehead atoms. The second kappa shape index (κ2) is 7.06. The molecule has 7 heteroatoms. The summed E-state index contributed by atoms with van der Waals surface area (Å²) >= 11 is 0. The monoisotopic (exact) mass is 346 g/mol. The van der Waals surface area contributed by atoms with E-state index in [2.05, 4.69) is 10.1 Å². The number of benzene rings is 2. The van der Waals surface area contributed by atoms with Gasteiger partial charge in [-0.2, -0.15) is 18.3 Å². The molecule has 0 spiro atoms. The summed E-state index contributed by atoms with van der Waals surface area (Å²) in [5.74, 6) is 0.580. The molecule has 0 radical (unpaired) electrons. The van der Waals surface area contributed by atoms with E-state index in [1.54, 1.807) is 11.0 Å². The predicted molar refractivity (Wildman–Crippen MR) is 88.8 cm³/mol. The van der Waals surface area contributed by atoms with Crippen LogP contribution in [0, 0.1) is 0 Å². The van der Waals surface area contributed by atoms with Gasteiger partial charge in [-0.3, -0.25) is 4.68 Å². The van der Waals surface area contributed by atoms with E-state index in [1.807, 2.05) is 24.3 Å². The first-order chi connectivity index (χ1) is 12.0. The third-order valence-electron chi connectivity index (χ3n) is 3.83. The number of hydrogen-bond acceptors (Lipinski definition) is 3. The minimum atomic E-state index is -4.32. The molecule has 3 aromatic rings. The van der Waals surface area contributed by atoms with Crippen molar-refractivity contribution in [3.63, 3.8) is 0 Å². The van der Waals surface area contributed by atoms with E-state index < -0.39 is 11.7 Å². The number of nitrogens with two attached hydrogens (primary N) is 1. The first kappa shape index (κ1) is 17.2. The summed E-state index contributed by atoms with van der Waals surface area (Å²) in [6.45, 7) is 1.05. The van der Waals surface area contributed by atoms with Gasteiger partial charge in [-0.25, -0.2) is 4.98 Å². The van der Waals surface area contributed by atoms with Gasteiger partial charge in [0.25, 0.3) is 0 Å². The maximum Gasteiger partial charge on any atom is 0.416 e. The van der Waals surface area contributed by atoms with Gasteiger partial charge in [0, 0.05) is 12.1 Å². The fraction of sp³-hybridized carbons (Fsp3) is 0.222. The highest BCUT2D eigenvalue weighted by atomic mass is 19.4. The molecule has 3 rings (SSSR count). The molecule has 0 fully saturated rings. The lowest BCUT2D eigenvalue weighted by atomic mass is 9.98. The Labute approximate surface area is 143 Å². The molecule has 0 atom stereocenters. The quantitative estimate of drug-likeness (QED) is 0.769. The minimum absolute atomic E-state index is 0.468. The summed E-state index contributed by atoms with van der Waals surface area (Å²) in [4.78, 5) is 4.30. The number of halogens is 3. The predicted octanol–water partition coefficient (Wildman–Crippen LogP) is 3.51. The second-order valence-corrected chi connectivity index (χ2v) is 5.65.